The normalized spacial score (nSPS) is 13.9. The summed E-state index contributed by atoms with van der Waals surface area (Å²) in [6.45, 7) is 4.67. The molecule has 1 aliphatic heterocycles. The number of carbonyl (C=O) groups excluding carboxylic acids is 2. The fraction of sp³-hybridized carbons (Fsp3) is 0.227. The Morgan fingerprint density at radius 3 is 2.37 bits per heavy atom. The summed E-state index contributed by atoms with van der Waals surface area (Å²) in [4.78, 5) is 27.9. The van der Waals surface area contributed by atoms with Gasteiger partial charge in [-0.3, -0.25) is 14.9 Å². The van der Waals surface area contributed by atoms with Crippen LogP contribution < -0.4 is 15.5 Å². The Bertz CT molecular complexity index is 1050. The molecule has 0 radical (unpaired) electrons. The summed E-state index contributed by atoms with van der Waals surface area (Å²) in [5, 5.41) is 6.71. The third-order valence-corrected chi connectivity index (χ3v) is 5.30. The highest BCUT2D eigenvalue weighted by Crippen LogP contribution is 2.20. The highest BCUT2D eigenvalue weighted by Gasteiger charge is 2.19. The van der Waals surface area contributed by atoms with Gasteiger partial charge in [-0.25, -0.2) is 0 Å². The van der Waals surface area contributed by atoms with Gasteiger partial charge in [0.2, 0.25) is 5.91 Å². The van der Waals surface area contributed by atoms with Gasteiger partial charge in [-0.15, -0.1) is 0 Å². The molecule has 2 aromatic carbocycles. The molecule has 8 heteroatoms. The lowest BCUT2D eigenvalue weighted by Crippen LogP contribution is -2.48. The number of amides is 2. The minimum Gasteiger partial charge on any atom is -0.451 e. The van der Waals surface area contributed by atoms with Crippen LogP contribution in [0.25, 0.3) is 11.0 Å². The van der Waals surface area contributed by atoms with Crippen molar-refractivity contribution < 1.29 is 14.0 Å². The molecule has 3 aromatic rings. The average Bonchev–Trinajstić information content (AvgIpc) is 3.19. The van der Waals surface area contributed by atoms with E-state index in [0.717, 1.165) is 42.9 Å². The smallest absolute Gasteiger partial charge is 0.293 e. The van der Waals surface area contributed by atoms with Gasteiger partial charge in [-0.05, 0) is 48.6 Å². The van der Waals surface area contributed by atoms with Gasteiger partial charge in [-0.1, -0.05) is 18.2 Å². The average molecular weight is 423 g/mol. The molecule has 0 atom stereocenters. The van der Waals surface area contributed by atoms with E-state index < -0.39 is 5.91 Å². The molecule has 2 N–H and O–H groups in total. The molecule has 1 fully saturated rings. The fourth-order valence-corrected chi connectivity index (χ4v) is 3.67. The molecule has 0 unspecified atom stereocenters. The van der Waals surface area contributed by atoms with Crippen LogP contribution in [0.1, 0.15) is 17.5 Å². The van der Waals surface area contributed by atoms with Gasteiger partial charge in [0.25, 0.3) is 5.91 Å². The fourth-order valence-electron chi connectivity index (χ4n) is 3.46. The second-order valence-electron chi connectivity index (χ2n) is 7.10. The molecule has 0 aliphatic carbocycles. The van der Waals surface area contributed by atoms with Crippen molar-refractivity contribution in [2.45, 2.75) is 6.92 Å². The second kappa shape index (κ2) is 8.54. The molecule has 1 aromatic heterocycles. The van der Waals surface area contributed by atoms with Crippen molar-refractivity contribution in [3.8, 4) is 0 Å². The van der Waals surface area contributed by atoms with Gasteiger partial charge in [0.1, 0.15) is 5.58 Å². The van der Waals surface area contributed by atoms with E-state index in [1.807, 2.05) is 53.4 Å². The number of carbonyl (C=O) groups is 2. The number of nitrogens with zero attached hydrogens (tertiary/aromatic N) is 2. The van der Waals surface area contributed by atoms with Crippen molar-refractivity contribution in [2.24, 2.45) is 0 Å². The van der Waals surface area contributed by atoms with E-state index >= 15 is 0 Å². The lowest BCUT2D eigenvalue weighted by molar-refractivity contribution is -0.129. The zero-order chi connectivity index (χ0) is 21.1. The second-order valence-corrected chi connectivity index (χ2v) is 7.50. The van der Waals surface area contributed by atoms with Crippen LogP contribution in [-0.2, 0) is 4.79 Å². The van der Waals surface area contributed by atoms with Crippen molar-refractivity contribution in [3.05, 3.63) is 60.4 Å². The number of piperazine rings is 1. The monoisotopic (exact) mass is 422 g/mol. The number of hydrogen-bond donors (Lipinski definition) is 2. The Morgan fingerprint density at radius 1 is 1.00 bits per heavy atom. The minimum absolute atomic E-state index is 0.118. The van der Waals surface area contributed by atoms with Crippen molar-refractivity contribution in [1.82, 2.24) is 10.2 Å². The van der Waals surface area contributed by atoms with Crippen molar-refractivity contribution >= 4 is 51.5 Å². The van der Waals surface area contributed by atoms with E-state index in [2.05, 4.69) is 15.5 Å². The SMILES string of the molecule is CC(=O)N1CCN(c2ccc(NC(=S)NC(=O)c3cc4ccccc4o3)cc2)CC1. The van der Waals surface area contributed by atoms with Crippen LogP contribution in [0.3, 0.4) is 0 Å². The van der Waals surface area contributed by atoms with Crippen LogP contribution in [0.2, 0.25) is 0 Å². The van der Waals surface area contributed by atoms with Crippen molar-refractivity contribution in [3.63, 3.8) is 0 Å². The first kappa shape index (κ1) is 19.9. The third kappa shape index (κ3) is 4.44. The Morgan fingerprint density at radius 2 is 1.70 bits per heavy atom. The van der Waals surface area contributed by atoms with Gasteiger partial charge in [0.15, 0.2) is 10.9 Å². The summed E-state index contributed by atoms with van der Waals surface area (Å²) in [5.41, 5.74) is 2.51. The molecular formula is C22H22N4O3S. The van der Waals surface area contributed by atoms with E-state index in [0.29, 0.717) is 5.58 Å². The lowest BCUT2D eigenvalue weighted by Gasteiger charge is -2.35. The van der Waals surface area contributed by atoms with E-state index in [1.54, 1.807) is 13.0 Å². The Hall–Kier alpha value is -3.39. The number of fused-ring (bicyclic) bond motifs is 1. The summed E-state index contributed by atoms with van der Waals surface area (Å²) in [7, 11) is 0. The van der Waals surface area contributed by atoms with Crippen LogP contribution in [0, 0.1) is 0 Å². The van der Waals surface area contributed by atoms with Crippen LogP contribution in [0.5, 0.6) is 0 Å². The zero-order valence-electron chi connectivity index (χ0n) is 16.6. The highest BCUT2D eigenvalue weighted by molar-refractivity contribution is 7.80. The number of thiocarbonyl (C=S) groups is 1. The predicted octanol–water partition coefficient (Wildman–Crippen LogP) is 3.23. The quantitative estimate of drug-likeness (QED) is 0.631. The van der Waals surface area contributed by atoms with E-state index in [9.17, 15) is 9.59 Å². The summed E-state index contributed by atoms with van der Waals surface area (Å²) < 4.78 is 5.56. The molecule has 2 heterocycles. The molecule has 0 bridgehead atoms. The van der Waals surface area contributed by atoms with Gasteiger partial charge >= 0.3 is 0 Å². The first-order valence-electron chi connectivity index (χ1n) is 9.71. The summed E-state index contributed by atoms with van der Waals surface area (Å²) in [6.07, 6.45) is 0. The van der Waals surface area contributed by atoms with E-state index in [1.165, 1.54) is 0 Å². The minimum atomic E-state index is -0.399. The number of furan rings is 1. The molecule has 4 rings (SSSR count). The van der Waals surface area contributed by atoms with Gasteiger partial charge < -0.3 is 19.5 Å². The lowest BCUT2D eigenvalue weighted by atomic mass is 10.2. The van der Waals surface area contributed by atoms with Gasteiger partial charge in [-0.2, -0.15) is 0 Å². The topological polar surface area (TPSA) is 77.8 Å². The Kier molecular flexibility index (Phi) is 5.67. The van der Waals surface area contributed by atoms with Crippen LogP contribution >= 0.6 is 12.2 Å². The molecule has 2 amide bonds. The third-order valence-electron chi connectivity index (χ3n) is 5.09. The number of rotatable bonds is 3. The maximum atomic E-state index is 12.4. The number of benzene rings is 2. The van der Waals surface area contributed by atoms with Crippen LogP contribution in [0.4, 0.5) is 11.4 Å². The number of para-hydroxylation sites is 1. The Balaban J connectivity index is 1.32. The summed E-state index contributed by atoms with van der Waals surface area (Å²) in [6, 6.07) is 16.9. The first-order valence-corrected chi connectivity index (χ1v) is 10.1. The maximum Gasteiger partial charge on any atom is 0.293 e. The molecule has 0 saturated carbocycles. The molecule has 7 nitrogen and oxygen atoms in total. The van der Waals surface area contributed by atoms with Crippen LogP contribution in [0.15, 0.2) is 59.0 Å². The molecule has 30 heavy (non-hydrogen) atoms. The number of hydrogen-bond acceptors (Lipinski definition) is 5. The highest BCUT2D eigenvalue weighted by atomic mass is 32.1. The largest absolute Gasteiger partial charge is 0.451 e. The summed E-state index contributed by atoms with van der Waals surface area (Å²) >= 11 is 5.26. The van der Waals surface area contributed by atoms with Gasteiger partial charge in [0.05, 0.1) is 0 Å². The molecule has 0 spiro atoms. The molecule has 1 aliphatic rings. The standard InChI is InChI=1S/C22H22N4O3S/c1-15(27)25-10-12-26(13-11-25)18-8-6-17(7-9-18)23-22(30)24-21(28)20-14-16-4-2-3-5-19(16)29-20/h2-9,14H,10-13H2,1H3,(H2,23,24,28,30). The van der Waals surface area contributed by atoms with E-state index in [4.69, 9.17) is 16.6 Å². The predicted molar refractivity (Wildman–Crippen MR) is 121 cm³/mol. The van der Waals surface area contributed by atoms with E-state index in [-0.39, 0.29) is 16.8 Å². The van der Waals surface area contributed by atoms with Crippen molar-refractivity contribution in [2.75, 3.05) is 36.4 Å². The Labute approximate surface area is 179 Å². The zero-order valence-corrected chi connectivity index (χ0v) is 17.4. The van der Waals surface area contributed by atoms with Gasteiger partial charge in [0, 0.05) is 49.9 Å². The molecule has 154 valence electrons. The molecular weight excluding hydrogens is 400 g/mol. The number of nitrogens with one attached hydrogen (secondary N) is 2. The van der Waals surface area contributed by atoms with Crippen molar-refractivity contribution in [1.29, 1.82) is 0 Å². The molecule has 1 saturated heterocycles. The van der Waals surface area contributed by atoms with Crippen LogP contribution in [-0.4, -0.2) is 48.0 Å². The first-order chi connectivity index (χ1) is 14.5. The number of anilines is 2. The summed E-state index contributed by atoms with van der Waals surface area (Å²) in [5.74, 6) is -0.0727. The maximum absolute atomic E-state index is 12.4.